The standard InChI is InChI=1S/C21H16ClFO3/c1-14-7-9-16(10-8-14)21(24)26-17-11-12-18(20(23)19(17)22)25-13-15-5-3-2-4-6-15/h2-12H,13H2,1H3. The lowest BCUT2D eigenvalue weighted by atomic mass is 10.1. The molecule has 5 heteroatoms. The SMILES string of the molecule is Cc1ccc(C(=O)Oc2ccc(OCc3ccccc3)c(F)c2Cl)cc1. The van der Waals surface area contributed by atoms with Crippen LogP contribution in [-0.4, -0.2) is 5.97 Å². The summed E-state index contributed by atoms with van der Waals surface area (Å²) in [5.41, 5.74) is 2.28. The van der Waals surface area contributed by atoms with E-state index in [0.29, 0.717) is 5.56 Å². The van der Waals surface area contributed by atoms with Gasteiger partial charge in [0, 0.05) is 0 Å². The van der Waals surface area contributed by atoms with Crippen molar-refractivity contribution in [3.63, 3.8) is 0 Å². The Kier molecular flexibility index (Phi) is 5.54. The summed E-state index contributed by atoms with van der Waals surface area (Å²) in [7, 11) is 0. The van der Waals surface area contributed by atoms with E-state index in [1.54, 1.807) is 24.3 Å². The summed E-state index contributed by atoms with van der Waals surface area (Å²) in [6.07, 6.45) is 0. The van der Waals surface area contributed by atoms with Gasteiger partial charge in [-0.2, -0.15) is 0 Å². The molecule has 0 heterocycles. The van der Waals surface area contributed by atoms with E-state index in [4.69, 9.17) is 21.1 Å². The molecule has 26 heavy (non-hydrogen) atoms. The van der Waals surface area contributed by atoms with Crippen molar-refractivity contribution in [2.45, 2.75) is 13.5 Å². The highest BCUT2D eigenvalue weighted by Gasteiger charge is 2.17. The summed E-state index contributed by atoms with van der Waals surface area (Å²) in [5, 5.41) is -0.295. The van der Waals surface area contributed by atoms with Crippen molar-refractivity contribution in [2.75, 3.05) is 0 Å². The van der Waals surface area contributed by atoms with Gasteiger partial charge in [-0.05, 0) is 36.8 Å². The molecule has 0 aliphatic rings. The van der Waals surface area contributed by atoms with Crippen molar-refractivity contribution in [3.05, 3.63) is 94.3 Å². The molecule has 0 atom stereocenters. The van der Waals surface area contributed by atoms with Gasteiger partial charge in [-0.1, -0.05) is 59.6 Å². The first-order chi connectivity index (χ1) is 12.5. The molecule has 0 aliphatic heterocycles. The van der Waals surface area contributed by atoms with Crippen LogP contribution in [0.25, 0.3) is 0 Å². The fraction of sp³-hybridized carbons (Fsp3) is 0.0952. The average molecular weight is 371 g/mol. The molecular weight excluding hydrogens is 355 g/mol. The Labute approximate surface area is 155 Å². The minimum absolute atomic E-state index is 0.00557. The van der Waals surface area contributed by atoms with Gasteiger partial charge in [-0.15, -0.1) is 0 Å². The molecule has 0 fully saturated rings. The number of halogens is 2. The number of rotatable bonds is 5. The highest BCUT2D eigenvalue weighted by atomic mass is 35.5. The first-order valence-corrected chi connectivity index (χ1v) is 8.36. The number of hydrogen-bond acceptors (Lipinski definition) is 3. The van der Waals surface area contributed by atoms with E-state index < -0.39 is 11.8 Å². The first-order valence-electron chi connectivity index (χ1n) is 7.98. The zero-order valence-electron chi connectivity index (χ0n) is 14.0. The van der Waals surface area contributed by atoms with Crippen molar-refractivity contribution < 1.29 is 18.7 Å². The maximum atomic E-state index is 14.4. The Morgan fingerprint density at radius 3 is 2.31 bits per heavy atom. The van der Waals surface area contributed by atoms with Crippen LogP contribution in [-0.2, 0) is 6.61 Å². The molecule has 0 aliphatic carbocycles. The van der Waals surface area contributed by atoms with Gasteiger partial charge in [0.1, 0.15) is 11.6 Å². The van der Waals surface area contributed by atoms with E-state index in [0.717, 1.165) is 11.1 Å². The van der Waals surface area contributed by atoms with E-state index in [9.17, 15) is 9.18 Å². The summed E-state index contributed by atoms with van der Waals surface area (Å²) in [6.45, 7) is 2.12. The molecule has 0 radical (unpaired) electrons. The lowest BCUT2D eigenvalue weighted by molar-refractivity contribution is 0.0734. The van der Waals surface area contributed by atoms with Crippen LogP contribution in [0.4, 0.5) is 4.39 Å². The zero-order chi connectivity index (χ0) is 18.5. The molecule has 0 saturated carbocycles. The molecule has 0 saturated heterocycles. The predicted molar refractivity (Wildman–Crippen MR) is 98.3 cm³/mol. The minimum Gasteiger partial charge on any atom is -0.486 e. The largest absolute Gasteiger partial charge is 0.486 e. The van der Waals surface area contributed by atoms with Crippen molar-refractivity contribution in [1.29, 1.82) is 0 Å². The van der Waals surface area contributed by atoms with Crippen LogP contribution in [0.5, 0.6) is 11.5 Å². The molecule has 0 aromatic heterocycles. The molecule has 0 bridgehead atoms. The van der Waals surface area contributed by atoms with E-state index in [-0.39, 0.29) is 23.1 Å². The Bertz CT molecular complexity index is 909. The average Bonchev–Trinajstić information content (AvgIpc) is 2.66. The molecule has 0 spiro atoms. The number of aryl methyl sites for hydroxylation is 1. The fourth-order valence-corrected chi connectivity index (χ4v) is 2.48. The number of carbonyl (C=O) groups excluding carboxylic acids is 1. The molecule has 0 unspecified atom stereocenters. The lowest BCUT2D eigenvalue weighted by Gasteiger charge is -2.11. The normalized spacial score (nSPS) is 10.4. The van der Waals surface area contributed by atoms with Crippen LogP contribution in [0.1, 0.15) is 21.5 Å². The van der Waals surface area contributed by atoms with Crippen molar-refractivity contribution in [1.82, 2.24) is 0 Å². The van der Waals surface area contributed by atoms with Crippen LogP contribution >= 0.6 is 11.6 Å². The summed E-state index contributed by atoms with van der Waals surface area (Å²) < 4.78 is 25.1. The summed E-state index contributed by atoms with van der Waals surface area (Å²) >= 11 is 6.00. The monoisotopic (exact) mass is 370 g/mol. The quantitative estimate of drug-likeness (QED) is 0.434. The highest BCUT2D eigenvalue weighted by molar-refractivity contribution is 6.32. The maximum Gasteiger partial charge on any atom is 0.343 e. The van der Waals surface area contributed by atoms with Gasteiger partial charge < -0.3 is 9.47 Å². The van der Waals surface area contributed by atoms with Gasteiger partial charge in [0.25, 0.3) is 0 Å². The van der Waals surface area contributed by atoms with Crippen LogP contribution in [0.2, 0.25) is 5.02 Å². The van der Waals surface area contributed by atoms with E-state index in [1.807, 2.05) is 37.3 Å². The molecule has 3 rings (SSSR count). The van der Waals surface area contributed by atoms with Crippen LogP contribution < -0.4 is 9.47 Å². The lowest BCUT2D eigenvalue weighted by Crippen LogP contribution is -2.09. The molecular formula is C21H16ClFO3. The van der Waals surface area contributed by atoms with Crippen molar-refractivity contribution in [3.8, 4) is 11.5 Å². The van der Waals surface area contributed by atoms with Crippen LogP contribution in [0.15, 0.2) is 66.7 Å². The third-order valence-corrected chi connectivity index (χ3v) is 4.09. The molecule has 3 aromatic rings. The van der Waals surface area contributed by atoms with Crippen molar-refractivity contribution >= 4 is 17.6 Å². The Balaban J connectivity index is 1.72. The number of carbonyl (C=O) groups is 1. The summed E-state index contributed by atoms with van der Waals surface area (Å²) in [4.78, 5) is 12.1. The third kappa shape index (κ3) is 4.21. The molecule has 3 nitrogen and oxygen atoms in total. The summed E-state index contributed by atoms with van der Waals surface area (Å²) in [5.74, 6) is -1.43. The smallest absolute Gasteiger partial charge is 0.343 e. The molecule has 0 N–H and O–H groups in total. The summed E-state index contributed by atoms with van der Waals surface area (Å²) in [6, 6.07) is 19.0. The second kappa shape index (κ2) is 8.02. The number of hydrogen-bond donors (Lipinski definition) is 0. The van der Waals surface area contributed by atoms with Gasteiger partial charge in [0.05, 0.1) is 5.56 Å². The molecule has 0 amide bonds. The fourth-order valence-electron chi connectivity index (χ4n) is 2.29. The van der Waals surface area contributed by atoms with Crippen molar-refractivity contribution in [2.24, 2.45) is 0 Å². The second-order valence-electron chi connectivity index (χ2n) is 5.72. The number of esters is 1. The van der Waals surface area contributed by atoms with E-state index in [1.165, 1.54) is 12.1 Å². The maximum absolute atomic E-state index is 14.4. The molecule has 3 aromatic carbocycles. The van der Waals surface area contributed by atoms with Gasteiger partial charge in [-0.3, -0.25) is 0 Å². The van der Waals surface area contributed by atoms with Crippen LogP contribution in [0.3, 0.4) is 0 Å². The van der Waals surface area contributed by atoms with Gasteiger partial charge in [-0.25, -0.2) is 9.18 Å². The number of benzene rings is 3. The van der Waals surface area contributed by atoms with E-state index >= 15 is 0 Å². The molecule has 132 valence electrons. The van der Waals surface area contributed by atoms with Gasteiger partial charge >= 0.3 is 5.97 Å². The second-order valence-corrected chi connectivity index (χ2v) is 6.10. The predicted octanol–water partition coefficient (Wildman–Crippen LogP) is 5.59. The minimum atomic E-state index is -0.767. The highest BCUT2D eigenvalue weighted by Crippen LogP contribution is 2.34. The van der Waals surface area contributed by atoms with E-state index in [2.05, 4.69) is 0 Å². The topological polar surface area (TPSA) is 35.5 Å². The Morgan fingerprint density at radius 1 is 0.962 bits per heavy atom. The van der Waals surface area contributed by atoms with Gasteiger partial charge in [0.15, 0.2) is 17.3 Å². The Morgan fingerprint density at radius 2 is 1.62 bits per heavy atom. The Hall–Kier alpha value is -2.85. The van der Waals surface area contributed by atoms with Gasteiger partial charge in [0.2, 0.25) is 0 Å². The first kappa shape index (κ1) is 18.0. The zero-order valence-corrected chi connectivity index (χ0v) is 14.8. The van der Waals surface area contributed by atoms with Crippen LogP contribution in [0, 0.1) is 12.7 Å². The third-order valence-electron chi connectivity index (χ3n) is 3.74. The number of ether oxygens (including phenoxy) is 2.